The summed E-state index contributed by atoms with van der Waals surface area (Å²) in [6, 6.07) is 8.27. The van der Waals surface area contributed by atoms with E-state index in [1.165, 1.54) is 12.0 Å². The Hall–Kier alpha value is -0.530. The van der Waals surface area contributed by atoms with Crippen molar-refractivity contribution in [3.05, 3.63) is 34.9 Å². The van der Waals surface area contributed by atoms with Crippen LogP contribution in [-0.2, 0) is 0 Å². The average molecular weight is 240 g/mol. The molecule has 0 aliphatic rings. The number of likely N-dealkylation sites (N-methyl/N-ethyl adjacent to an activating group) is 1. The summed E-state index contributed by atoms with van der Waals surface area (Å²) in [6.07, 6.45) is 1.21. The van der Waals surface area contributed by atoms with Crippen molar-refractivity contribution in [2.24, 2.45) is 5.92 Å². The molecule has 2 heteroatoms. The minimum atomic E-state index is 0.585. The Morgan fingerprint density at radius 3 is 2.31 bits per heavy atom. The van der Waals surface area contributed by atoms with Crippen LogP contribution in [0.25, 0.3) is 0 Å². The molecule has 90 valence electrons. The van der Waals surface area contributed by atoms with Crippen LogP contribution in [0.2, 0.25) is 5.02 Å². The number of rotatable bonds is 6. The van der Waals surface area contributed by atoms with Gasteiger partial charge in [-0.1, -0.05) is 50.9 Å². The third-order valence-electron chi connectivity index (χ3n) is 3.24. The maximum absolute atomic E-state index is 5.92. The zero-order valence-electron chi connectivity index (χ0n) is 10.5. The van der Waals surface area contributed by atoms with Crippen LogP contribution in [0.1, 0.15) is 38.7 Å². The zero-order valence-corrected chi connectivity index (χ0v) is 11.2. The molecule has 0 fully saturated rings. The van der Waals surface area contributed by atoms with E-state index in [2.05, 4.69) is 38.2 Å². The van der Waals surface area contributed by atoms with Crippen LogP contribution in [0.3, 0.4) is 0 Å². The Morgan fingerprint density at radius 2 is 1.81 bits per heavy atom. The predicted octanol–water partition coefficient (Wildman–Crippen LogP) is 4.08. The molecule has 1 rings (SSSR count). The van der Waals surface area contributed by atoms with Crippen LogP contribution >= 0.6 is 11.6 Å². The second-order valence-electron chi connectivity index (χ2n) is 4.35. The number of hydrogen-bond acceptors (Lipinski definition) is 1. The van der Waals surface area contributed by atoms with Crippen LogP contribution in [0.4, 0.5) is 0 Å². The highest BCUT2D eigenvalue weighted by Gasteiger charge is 2.17. The summed E-state index contributed by atoms with van der Waals surface area (Å²) in [7, 11) is 0. The molecule has 0 spiro atoms. The fourth-order valence-corrected chi connectivity index (χ4v) is 2.07. The van der Waals surface area contributed by atoms with Crippen molar-refractivity contribution in [1.29, 1.82) is 0 Å². The first-order chi connectivity index (χ1) is 7.69. The van der Waals surface area contributed by atoms with Gasteiger partial charge < -0.3 is 5.32 Å². The zero-order chi connectivity index (χ0) is 12.0. The maximum atomic E-state index is 5.92. The molecular formula is C14H22ClN. The van der Waals surface area contributed by atoms with Gasteiger partial charge in [-0.15, -0.1) is 0 Å². The number of benzene rings is 1. The molecule has 0 aliphatic heterocycles. The van der Waals surface area contributed by atoms with E-state index in [0.717, 1.165) is 18.1 Å². The van der Waals surface area contributed by atoms with Crippen LogP contribution in [-0.4, -0.2) is 13.1 Å². The van der Waals surface area contributed by atoms with Crippen LogP contribution in [0.5, 0.6) is 0 Å². The summed E-state index contributed by atoms with van der Waals surface area (Å²) < 4.78 is 0. The molecule has 2 atom stereocenters. The Kier molecular flexibility index (Phi) is 5.86. The third kappa shape index (κ3) is 3.80. The Balaban J connectivity index is 2.78. The first-order valence-electron chi connectivity index (χ1n) is 6.15. The van der Waals surface area contributed by atoms with Crippen LogP contribution < -0.4 is 5.32 Å². The molecule has 0 aliphatic carbocycles. The lowest BCUT2D eigenvalue weighted by Gasteiger charge is -2.23. The van der Waals surface area contributed by atoms with E-state index in [9.17, 15) is 0 Å². The molecule has 0 heterocycles. The van der Waals surface area contributed by atoms with E-state index < -0.39 is 0 Å². The highest BCUT2D eigenvalue weighted by molar-refractivity contribution is 6.30. The van der Waals surface area contributed by atoms with Gasteiger partial charge in [0, 0.05) is 11.6 Å². The number of halogens is 1. The van der Waals surface area contributed by atoms with Crippen molar-refractivity contribution < 1.29 is 0 Å². The van der Waals surface area contributed by atoms with Crippen molar-refractivity contribution in [3.63, 3.8) is 0 Å². The molecule has 16 heavy (non-hydrogen) atoms. The van der Waals surface area contributed by atoms with E-state index in [1.54, 1.807) is 0 Å². The first kappa shape index (κ1) is 13.5. The maximum Gasteiger partial charge on any atom is 0.0406 e. The summed E-state index contributed by atoms with van der Waals surface area (Å²) in [5, 5.41) is 4.26. The smallest absolute Gasteiger partial charge is 0.0406 e. The fraction of sp³-hybridized carbons (Fsp3) is 0.571. The molecular weight excluding hydrogens is 218 g/mol. The summed E-state index contributed by atoms with van der Waals surface area (Å²) in [5.41, 5.74) is 1.39. The van der Waals surface area contributed by atoms with E-state index in [0.29, 0.717) is 11.8 Å². The van der Waals surface area contributed by atoms with Crippen molar-refractivity contribution in [3.8, 4) is 0 Å². The van der Waals surface area contributed by atoms with E-state index >= 15 is 0 Å². The van der Waals surface area contributed by atoms with Gasteiger partial charge >= 0.3 is 0 Å². The molecule has 1 aromatic carbocycles. The van der Waals surface area contributed by atoms with Crippen molar-refractivity contribution in [2.45, 2.75) is 33.1 Å². The highest BCUT2D eigenvalue weighted by atomic mass is 35.5. The summed E-state index contributed by atoms with van der Waals surface area (Å²) in [5.74, 6) is 1.28. The quantitative estimate of drug-likeness (QED) is 0.789. The van der Waals surface area contributed by atoms with E-state index in [4.69, 9.17) is 11.6 Å². The van der Waals surface area contributed by atoms with Gasteiger partial charge in [0.05, 0.1) is 0 Å². The molecule has 0 amide bonds. The molecule has 1 nitrogen and oxygen atoms in total. The fourth-order valence-electron chi connectivity index (χ4n) is 1.94. The molecule has 0 aromatic heterocycles. The van der Waals surface area contributed by atoms with Gasteiger partial charge in [-0.3, -0.25) is 0 Å². The minimum Gasteiger partial charge on any atom is -0.316 e. The normalized spacial score (nSPS) is 14.8. The van der Waals surface area contributed by atoms with Crippen LogP contribution in [0, 0.1) is 5.92 Å². The topological polar surface area (TPSA) is 12.0 Å². The van der Waals surface area contributed by atoms with Crippen molar-refractivity contribution in [1.82, 2.24) is 5.32 Å². The first-order valence-corrected chi connectivity index (χ1v) is 6.53. The van der Waals surface area contributed by atoms with Gasteiger partial charge in [0.1, 0.15) is 0 Å². The lowest BCUT2D eigenvalue weighted by molar-refractivity contribution is 0.424. The lowest BCUT2D eigenvalue weighted by atomic mass is 9.85. The van der Waals surface area contributed by atoms with Gasteiger partial charge in [-0.2, -0.15) is 0 Å². The summed E-state index contributed by atoms with van der Waals surface area (Å²) in [6.45, 7) is 8.79. The Labute approximate surface area is 104 Å². The molecule has 2 unspecified atom stereocenters. The number of nitrogens with one attached hydrogen (secondary N) is 1. The predicted molar refractivity (Wildman–Crippen MR) is 72.2 cm³/mol. The molecule has 0 saturated carbocycles. The monoisotopic (exact) mass is 239 g/mol. The van der Waals surface area contributed by atoms with E-state index in [-0.39, 0.29) is 0 Å². The van der Waals surface area contributed by atoms with Gasteiger partial charge in [-0.05, 0) is 36.1 Å². The average Bonchev–Trinajstić information content (AvgIpc) is 2.31. The third-order valence-corrected chi connectivity index (χ3v) is 3.50. The Bertz CT molecular complexity index is 294. The molecule has 0 saturated heterocycles. The van der Waals surface area contributed by atoms with Crippen molar-refractivity contribution in [2.75, 3.05) is 13.1 Å². The van der Waals surface area contributed by atoms with Gasteiger partial charge in [0.25, 0.3) is 0 Å². The van der Waals surface area contributed by atoms with Crippen LogP contribution in [0.15, 0.2) is 24.3 Å². The Morgan fingerprint density at radius 1 is 1.19 bits per heavy atom. The van der Waals surface area contributed by atoms with Gasteiger partial charge in [0.2, 0.25) is 0 Å². The largest absolute Gasteiger partial charge is 0.316 e. The number of hydrogen-bond donors (Lipinski definition) is 1. The molecule has 0 bridgehead atoms. The standard InChI is InChI=1S/C14H22ClN/c1-4-11(3)14(10-16-5-2)12-6-8-13(15)9-7-12/h6-9,11,14,16H,4-5,10H2,1-3H3. The van der Waals surface area contributed by atoms with Gasteiger partial charge in [-0.25, -0.2) is 0 Å². The SMILES string of the molecule is CCNCC(c1ccc(Cl)cc1)C(C)CC. The van der Waals surface area contributed by atoms with E-state index in [1.807, 2.05) is 12.1 Å². The lowest BCUT2D eigenvalue weighted by Crippen LogP contribution is -2.25. The van der Waals surface area contributed by atoms with Gasteiger partial charge in [0.15, 0.2) is 0 Å². The second kappa shape index (κ2) is 6.93. The summed E-state index contributed by atoms with van der Waals surface area (Å²) in [4.78, 5) is 0. The minimum absolute atomic E-state index is 0.585. The summed E-state index contributed by atoms with van der Waals surface area (Å²) >= 11 is 5.92. The highest BCUT2D eigenvalue weighted by Crippen LogP contribution is 2.27. The molecule has 0 radical (unpaired) electrons. The molecule has 1 N–H and O–H groups in total. The van der Waals surface area contributed by atoms with Crippen molar-refractivity contribution >= 4 is 11.6 Å². The molecule has 1 aromatic rings. The second-order valence-corrected chi connectivity index (χ2v) is 4.79.